The van der Waals surface area contributed by atoms with E-state index in [4.69, 9.17) is 0 Å². The standard InChI is InChI=1S/C13H14O3/c1-8-3-4-11(9(2)5-8)13(12(15)16)6-10(14)7-13/h3-5H,6-7H2,1-2H3,(H,15,16). The Bertz CT molecular complexity index is 466. The number of ketones is 1. The van der Waals surface area contributed by atoms with Crippen LogP contribution in [0.15, 0.2) is 18.2 Å². The summed E-state index contributed by atoms with van der Waals surface area (Å²) in [7, 11) is 0. The van der Waals surface area contributed by atoms with Crippen LogP contribution in [0.3, 0.4) is 0 Å². The van der Waals surface area contributed by atoms with Crippen molar-refractivity contribution in [1.29, 1.82) is 0 Å². The molecule has 0 atom stereocenters. The molecule has 0 unspecified atom stereocenters. The second-order valence-corrected chi connectivity index (χ2v) is 4.60. The highest BCUT2D eigenvalue weighted by molar-refractivity contribution is 6.01. The third-order valence-corrected chi connectivity index (χ3v) is 3.30. The molecule has 0 spiro atoms. The van der Waals surface area contributed by atoms with Crippen LogP contribution in [0.2, 0.25) is 0 Å². The highest BCUT2D eigenvalue weighted by Crippen LogP contribution is 2.43. The molecule has 0 radical (unpaired) electrons. The zero-order chi connectivity index (χ0) is 11.9. The average molecular weight is 218 g/mol. The smallest absolute Gasteiger partial charge is 0.315 e. The number of carbonyl (C=O) groups is 2. The van der Waals surface area contributed by atoms with Crippen molar-refractivity contribution in [2.45, 2.75) is 32.1 Å². The Morgan fingerprint density at radius 2 is 1.94 bits per heavy atom. The minimum Gasteiger partial charge on any atom is -0.481 e. The monoisotopic (exact) mass is 218 g/mol. The molecule has 0 amide bonds. The average Bonchev–Trinajstić information content (AvgIpc) is 2.12. The van der Waals surface area contributed by atoms with Crippen molar-refractivity contribution in [3.05, 3.63) is 34.9 Å². The molecule has 1 fully saturated rings. The summed E-state index contributed by atoms with van der Waals surface area (Å²) >= 11 is 0. The molecule has 16 heavy (non-hydrogen) atoms. The maximum Gasteiger partial charge on any atom is 0.315 e. The number of hydrogen-bond acceptors (Lipinski definition) is 2. The number of carbonyl (C=O) groups excluding carboxylic acids is 1. The van der Waals surface area contributed by atoms with Gasteiger partial charge in [0.25, 0.3) is 0 Å². The van der Waals surface area contributed by atoms with Crippen LogP contribution in [-0.2, 0) is 15.0 Å². The Hall–Kier alpha value is -1.64. The van der Waals surface area contributed by atoms with Gasteiger partial charge in [-0.1, -0.05) is 23.8 Å². The van der Waals surface area contributed by atoms with Crippen molar-refractivity contribution in [2.24, 2.45) is 0 Å². The number of carboxylic acids is 1. The first-order valence-corrected chi connectivity index (χ1v) is 5.28. The van der Waals surface area contributed by atoms with Gasteiger partial charge < -0.3 is 5.11 Å². The first kappa shape index (κ1) is 10.9. The van der Waals surface area contributed by atoms with Crippen LogP contribution in [0.5, 0.6) is 0 Å². The van der Waals surface area contributed by atoms with E-state index in [2.05, 4.69) is 0 Å². The van der Waals surface area contributed by atoms with Crippen molar-refractivity contribution in [3.63, 3.8) is 0 Å². The number of aliphatic carboxylic acids is 1. The second kappa shape index (κ2) is 3.44. The molecule has 0 bridgehead atoms. The fourth-order valence-corrected chi connectivity index (χ4v) is 2.43. The maximum atomic E-state index is 11.3. The van der Waals surface area contributed by atoms with E-state index in [9.17, 15) is 14.7 Å². The van der Waals surface area contributed by atoms with E-state index in [1.807, 2.05) is 32.0 Å². The van der Waals surface area contributed by atoms with E-state index in [1.165, 1.54) is 0 Å². The van der Waals surface area contributed by atoms with Crippen molar-refractivity contribution in [3.8, 4) is 0 Å². The Balaban J connectivity index is 2.49. The summed E-state index contributed by atoms with van der Waals surface area (Å²) in [5.74, 6) is -0.860. The van der Waals surface area contributed by atoms with Crippen molar-refractivity contribution in [2.75, 3.05) is 0 Å². The van der Waals surface area contributed by atoms with Gasteiger partial charge in [0.1, 0.15) is 11.2 Å². The van der Waals surface area contributed by atoms with Crippen LogP contribution in [0, 0.1) is 13.8 Å². The number of carboxylic acid groups (broad SMARTS) is 1. The summed E-state index contributed by atoms with van der Waals surface area (Å²) in [6.07, 6.45) is 0.262. The summed E-state index contributed by atoms with van der Waals surface area (Å²) in [6, 6.07) is 5.70. The van der Waals surface area contributed by atoms with Crippen molar-refractivity contribution >= 4 is 11.8 Å². The summed E-state index contributed by atoms with van der Waals surface area (Å²) in [5.41, 5.74) is 1.88. The quantitative estimate of drug-likeness (QED) is 0.825. The molecule has 1 aromatic rings. The molecule has 0 saturated heterocycles. The van der Waals surface area contributed by atoms with Gasteiger partial charge in [-0.05, 0) is 25.0 Å². The molecule has 1 N–H and O–H groups in total. The van der Waals surface area contributed by atoms with Gasteiger partial charge in [0.05, 0.1) is 0 Å². The lowest BCUT2D eigenvalue weighted by Crippen LogP contribution is -2.48. The predicted octanol–water partition coefficient (Wildman–Crippen LogP) is 1.99. The van der Waals surface area contributed by atoms with E-state index < -0.39 is 11.4 Å². The minimum absolute atomic E-state index is 0.0300. The van der Waals surface area contributed by atoms with E-state index in [0.717, 1.165) is 16.7 Å². The summed E-state index contributed by atoms with van der Waals surface area (Å²) in [4.78, 5) is 22.4. The van der Waals surface area contributed by atoms with E-state index in [1.54, 1.807) is 0 Å². The third-order valence-electron chi connectivity index (χ3n) is 3.30. The Kier molecular flexibility index (Phi) is 2.34. The topological polar surface area (TPSA) is 54.4 Å². The highest BCUT2D eigenvalue weighted by Gasteiger charge is 2.52. The molecule has 1 aliphatic carbocycles. The SMILES string of the molecule is Cc1ccc(C2(C(=O)O)CC(=O)C2)c(C)c1. The van der Waals surface area contributed by atoms with E-state index in [-0.39, 0.29) is 18.6 Å². The molecule has 0 aliphatic heterocycles. The number of hydrogen-bond donors (Lipinski definition) is 1. The number of aryl methyl sites for hydroxylation is 2. The van der Waals surface area contributed by atoms with Crippen LogP contribution in [0.25, 0.3) is 0 Å². The Morgan fingerprint density at radius 3 is 2.38 bits per heavy atom. The molecule has 1 saturated carbocycles. The molecule has 0 heterocycles. The lowest BCUT2D eigenvalue weighted by atomic mass is 9.62. The molecule has 3 nitrogen and oxygen atoms in total. The molecule has 3 heteroatoms. The number of benzene rings is 1. The largest absolute Gasteiger partial charge is 0.481 e. The lowest BCUT2D eigenvalue weighted by Gasteiger charge is -2.37. The maximum absolute atomic E-state index is 11.3. The summed E-state index contributed by atoms with van der Waals surface area (Å²) in [6.45, 7) is 3.87. The predicted molar refractivity (Wildman–Crippen MR) is 59.5 cm³/mol. The zero-order valence-corrected chi connectivity index (χ0v) is 9.41. The number of rotatable bonds is 2. The Labute approximate surface area is 94.1 Å². The molecular weight excluding hydrogens is 204 g/mol. The fraction of sp³-hybridized carbons (Fsp3) is 0.385. The zero-order valence-electron chi connectivity index (χ0n) is 9.41. The van der Waals surface area contributed by atoms with Gasteiger partial charge in [-0.3, -0.25) is 9.59 Å². The van der Waals surface area contributed by atoms with E-state index >= 15 is 0 Å². The first-order valence-electron chi connectivity index (χ1n) is 5.28. The van der Waals surface area contributed by atoms with Crippen LogP contribution in [0.4, 0.5) is 0 Å². The number of Topliss-reactive ketones (excluding diaryl/α,β-unsaturated/α-hetero) is 1. The van der Waals surface area contributed by atoms with Gasteiger partial charge in [0, 0.05) is 12.8 Å². The van der Waals surface area contributed by atoms with Gasteiger partial charge in [0.15, 0.2) is 0 Å². The van der Waals surface area contributed by atoms with Gasteiger partial charge in [-0.2, -0.15) is 0 Å². The molecule has 1 aliphatic rings. The van der Waals surface area contributed by atoms with Crippen LogP contribution < -0.4 is 0 Å². The highest BCUT2D eigenvalue weighted by atomic mass is 16.4. The summed E-state index contributed by atoms with van der Waals surface area (Å²) in [5, 5.41) is 9.30. The second-order valence-electron chi connectivity index (χ2n) is 4.60. The van der Waals surface area contributed by atoms with Gasteiger partial charge >= 0.3 is 5.97 Å². The summed E-state index contributed by atoms with van der Waals surface area (Å²) < 4.78 is 0. The minimum atomic E-state index is -0.963. The van der Waals surface area contributed by atoms with Crippen LogP contribution in [0.1, 0.15) is 29.5 Å². The molecule has 2 rings (SSSR count). The molecular formula is C13H14O3. The van der Waals surface area contributed by atoms with Gasteiger partial charge in [-0.15, -0.1) is 0 Å². The third kappa shape index (κ3) is 1.43. The van der Waals surface area contributed by atoms with E-state index in [0.29, 0.717) is 0 Å². The fourth-order valence-electron chi connectivity index (χ4n) is 2.43. The van der Waals surface area contributed by atoms with Gasteiger partial charge in [-0.25, -0.2) is 0 Å². The lowest BCUT2D eigenvalue weighted by molar-refractivity contribution is -0.153. The van der Waals surface area contributed by atoms with Crippen LogP contribution in [-0.4, -0.2) is 16.9 Å². The molecule has 84 valence electrons. The first-order chi connectivity index (χ1) is 7.45. The molecule has 0 aromatic heterocycles. The Morgan fingerprint density at radius 1 is 1.31 bits per heavy atom. The van der Waals surface area contributed by atoms with Crippen molar-refractivity contribution in [1.82, 2.24) is 0 Å². The van der Waals surface area contributed by atoms with Crippen molar-refractivity contribution < 1.29 is 14.7 Å². The van der Waals surface area contributed by atoms with Crippen LogP contribution >= 0.6 is 0 Å². The normalized spacial score (nSPS) is 18.0. The van der Waals surface area contributed by atoms with Gasteiger partial charge in [0.2, 0.25) is 0 Å². The molecule has 1 aromatic carbocycles.